The summed E-state index contributed by atoms with van der Waals surface area (Å²) in [5.41, 5.74) is 0.850. The zero-order chi connectivity index (χ0) is 13.5. The highest BCUT2D eigenvalue weighted by Crippen LogP contribution is 2.15. The van der Waals surface area contributed by atoms with Crippen LogP contribution in [0, 0.1) is 5.82 Å². The van der Waals surface area contributed by atoms with Gasteiger partial charge in [-0.05, 0) is 31.9 Å². The van der Waals surface area contributed by atoms with Gasteiger partial charge in [0.05, 0.1) is 11.9 Å². The third-order valence-electron chi connectivity index (χ3n) is 2.84. The lowest BCUT2D eigenvalue weighted by molar-refractivity contribution is 0.430. The van der Waals surface area contributed by atoms with Gasteiger partial charge in [0, 0.05) is 34.9 Å². The van der Waals surface area contributed by atoms with E-state index in [0.717, 1.165) is 18.5 Å². The average Bonchev–Trinajstić information content (AvgIpc) is 2.34. The van der Waals surface area contributed by atoms with Gasteiger partial charge in [-0.15, -0.1) is 0 Å². The number of hydrogen-bond donors (Lipinski definition) is 1. The Kier molecular flexibility index (Phi) is 6.43. The number of rotatable bonds is 7. The van der Waals surface area contributed by atoms with Gasteiger partial charge in [-0.1, -0.05) is 6.92 Å². The average molecular weight is 272 g/mol. The number of pyridine rings is 1. The van der Waals surface area contributed by atoms with E-state index >= 15 is 0 Å². The third kappa shape index (κ3) is 5.23. The molecule has 0 aliphatic rings. The summed E-state index contributed by atoms with van der Waals surface area (Å²) in [5.74, 6) is 0.379. The van der Waals surface area contributed by atoms with Crippen molar-refractivity contribution in [2.45, 2.75) is 38.8 Å². The molecule has 18 heavy (non-hydrogen) atoms. The van der Waals surface area contributed by atoms with E-state index in [9.17, 15) is 8.60 Å². The van der Waals surface area contributed by atoms with Crippen LogP contribution in [0.1, 0.15) is 38.4 Å². The van der Waals surface area contributed by atoms with Gasteiger partial charge in [-0.3, -0.25) is 9.19 Å². The van der Waals surface area contributed by atoms with Crippen molar-refractivity contribution in [1.82, 2.24) is 10.3 Å². The van der Waals surface area contributed by atoms with Gasteiger partial charge >= 0.3 is 0 Å². The summed E-state index contributed by atoms with van der Waals surface area (Å²) in [6, 6.07) is 3.52. The van der Waals surface area contributed by atoms with E-state index in [1.807, 2.05) is 0 Å². The van der Waals surface area contributed by atoms with Crippen LogP contribution in [-0.2, 0) is 10.8 Å². The van der Waals surface area contributed by atoms with Crippen LogP contribution in [0.25, 0.3) is 0 Å². The maximum Gasteiger partial charge on any atom is 0.141 e. The van der Waals surface area contributed by atoms with Crippen molar-refractivity contribution in [3.63, 3.8) is 0 Å². The molecule has 1 aromatic rings. The molecule has 1 aromatic heterocycles. The Labute approximate surface area is 111 Å². The number of nitrogens with one attached hydrogen (secondary N) is 1. The molecule has 0 bridgehead atoms. The van der Waals surface area contributed by atoms with E-state index in [1.54, 1.807) is 12.3 Å². The predicted octanol–water partition coefficient (Wildman–Crippen LogP) is 2.42. The van der Waals surface area contributed by atoms with E-state index in [1.165, 1.54) is 12.3 Å². The summed E-state index contributed by atoms with van der Waals surface area (Å²) < 4.78 is 23.8. The minimum absolute atomic E-state index is 0.117. The number of nitrogens with zero attached hydrogens (tertiary/aromatic N) is 1. The molecule has 0 aliphatic heterocycles. The van der Waals surface area contributed by atoms with Crippen LogP contribution in [0.2, 0.25) is 0 Å². The van der Waals surface area contributed by atoms with Crippen LogP contribution in [0.5, 0.6) is 0 Å². The molecule has 1 heterocycles. The van der Waals surface area contributed by atoms with E-state index in [4.69, 9.17) is 0 Å². The molecular formula is C13H21FN2OS. The van der Waals surface area contributed by atoms with E-state index in [-0.39, 0.29) is 17.9 Å². The zero-order valence-electron chi connectivity index (χ0n) is 11.1. The fourth-order valence-electron chi connectivity index (χ4n) is 1.78. The van der Waals surface area contributed by atoms with Crippen molar-refractivity contribution >= 4 is 10.8 Å². The van der Waals surface area contributed by atoms with Crippen molar-refractivity contribution in [1.29, 1.82) is 0 Å². The van der Waals surface area contributed by atoms with Crippen LogP contribution in [0.15, 0.2) is 18.3 Å². The summed E-state index contributed by atoms with van der Waals surface area (Å²) in [4.78, 5) is 4.10. The molecule has 0 aromatic carbocycles. The molecule has 3 unspecified atom stereocenters. The van der Waals surface area contributed by atoms with Crippen molar-refractivity contribution in [3.8, 4) is 0 Å². The van der Waals surface area contributed by atoms with Gasteiger partial charge in [-0.2, -0.15) is 0 Å². The minimum atomic E-state index is -0.756. The van der Waals surface area contributed by atoms with Gasteiger partial charge in [0.1, 0.15) is 5.82 Å². The largest absolute Gasteiger partial charge is 0.306 e. The Morgan fingerprint density at radius 1 is 1.50 bits per heavy atom. The molecule has 1 N–H and O–H groups in total. The zero-order valence-corrected chi connectivity index (χ0v) is 12.0. The quantitative estimate of drug-likeness (QED) is 0.829. The lowest BCUT2D eigenvalue weighted by atomic mass is 10.1. The molecule has 0 saturated heterocycles. The van der Waals surface area contributed by atoms with Crippen molar-refractivity contribution in [2.75, 3.05) is 12.0 Å². The molecule has 5 heteroatoms. The summed E-state index contributed by atoms with van der Waals surface area (Å²) in [6.07, 6.45) is 4.70. The Morgan fingerprint density at radius 3 is 2.72 bits per heavy atom. The highest BCUT2D eigenvalue weighted by Gasteiger charge is 2.13. The molecule has 0 fully saturated rings. The second-order valence-corrected chi connectivity index (χ2v) is 6.05. The second kappa shape index (κ2) is 7.59. The van der Waals surface area contributed by atoms with E-state index < -0.39 is 10.8 Å². The maximum absolute atomic E-state index is 12.8. The Morgan fingerprint density at radius 2 is 2.22 bits per heavy atom. The standard InChI is InChI=1S/C13H21FN2OS/c1-4-12(13-6-5-11(14)9-15-13)16-10(2)7-8-18(3)17/h5-6,9-10,12,16H,4,7-8H2,1-3H3. The monoisotopic (exact) mass is 272 g/mol. The molecule has 102 valence electrons. The highest BCUT2D eigenvalue weighted by molar-refractivity contribution is 7.84. The SMILES string of the molecule is CCC(NC(C)CCS(C)=O)c1ccc(F)cn1. The summed E-state index contributed by atoms with van der Waals surface area (Å²) in [6.45, 7) is 4.13. The Hall–Kier alpha value is -0.810. The first kappa shape index (κ1) is 15.2. The molecule has 0 aliphatic carbocycles. The Bertz CT molecular complexity index is 383. The predicted molar refractivity (Wildman–Crippen MR) is 73.4 cm³/mol. The summed E-state index contributed by atoms with van der Waals surface area (Å²) >= 11 is 0. The van der Waals surface area contributed by atoms with Crippen LogP contribution >= 0.6 is 0 Å². The normalized spacial score (nSPS) is 16.2. The van der Waals surface area contributed by atoms with Gasteiger partial charge in [0.25, 0.3) is 0 Å². The minimum Gasteiger partial charge on any atom is -0.306 e. The molecule has 3 atom stereocenters. The second-order valence-electron chi connectivity index (χ2n) is 4.50. The van der Waals surface area contributed by atoms with Crippen LogP contribution in [0.3, 0.4) is 0 Å². The number of hydrogen-bond acceptors (Lipinski definition) is 3. The topological polar surface area (TPSA) is 42.0 Å². The van der Waals surface area contributed by atoms with Gasteiger partial charge in [0.2, 0.25) is 0 Å². The fourth-order valence-corrected chi connectivity index (χ4v) is 2.46. The molecule has 0 radical (unpaired) electrons. The summed E-state index contributed by atoms with van der Waals surface area (Å²) in [7, 11) is -0.756. The smallest absolute Gasteiger partial charge is 0.141 e. The first-order valence-electron chi connectivity index (χ1n) is 6.20. The van der Waals surface area contributed by atoms with Gasteiger partial charge < -0.3 is 5.32 Å². The molecule has 0 spiro atoms. The van der Waals surface area contributed by atoms with E-state index in [2.05, 4.69) is 24.1 Å². The highest BCUT2D eigenvalue weighted by atomic mass is 32.2. The van der Waals surface area contributed by atoms with Gasteiger partial charge in [0.15, 0.2) is 0 Å². The number of halogens is 1. The van der Waals surface area contributed by atoms with Crippen LogP contribution in [-0.4, -0.2) is 27.2 Å². The van der Waals surface area contributed by atoms with Crippen molar-refractivity contribution < 1.29 is 8.60 Å². The molecule has 1 rings (SSSR count). The van der Waals surface area contributed by atoms with Crippen molar-refractivity contribution in [3.05, 3.63) is 29.8 Å². The first-order valence-corrected chi connectivity index (χ1v) is 7.93. The van der Waals surface area contributed by atoms with Gasteiger partial charge in [-0.25, -0.2) is 4.39 Å². The molecular weight excluding hydrogens is 251 g/mol. The lowest BCUT2D eigenvalue weighted by Crippen LogP contribution is -2.31. The maximum atomic E-state index is 12.8. The number of aromatic nitrogens is 1. The molecule has 0 saturated carbocycles. The van der Waals surface area contributed by atoms with Crippen LogP contribution < -0.4 is 5.32 Å². The Balaban J connectivity index is 2.56. The van der Waals surface area contributed by atoms with Crippen molar-refractivity contribution in [2.24, 2.45) is 0 Å². The first-order chi connectivity index (χ1) is 8.52. The molecule has 3 nitrogen and oxygen atoms in total. The fraction of sp³-hybridized carbons (Fsp3) is 0.615. The summed E-state index contributed by atoms with van der Waals surface area (Å²) in [5, 5.41) is 3.44. The lowest BCUT2D eigenvalue weighted by Gasteiger charge is -2.21. The molecule has 0 amide bonds. The third-order valence-corrected chi connectivity index (χ3v) is 3.65. The van der Waals surface area contributed by atoms with Crippen LogP contribution in [0.4, 0.5) is 4.39 Å². The van der Waals surface area contributed by atoms with E-state index in [0.29, 0.717) is 5.75 Å².